The number of amides is 1. The van der Waals surface area contributed by atoms with Crippen LogP contribution < -0.4 is 5.32 Å². The monoisotopic (exact) mass is 506 g/mol. The Labute approximate surface area is 197 Å². The number of carbonyl (C=O) groups is 3. The smallest absolute Gasteiger partial charge is 0.432 e. The van der Waals surface area contributed by atoms with Crippen molar-refractivity contribution in [2.45, 2.75) is 53.4 Å². The van der Waals surface area contributed by atoms with Crippen LogP contribution in [-0.2, 0) is 39.1 Å². The zero-order valence-corrected chi connectivity index (χ0v) is 20.9. The summed E-state index contributed by atoms with van der Waals surface area (Å²) in [5, 5.41) is 10.0. The lowest BCUT2D eigenvalue weighted by Crippen LogP contribution is -2.18. The average Bonchev–Trinajstić information content (AvgIpc) is 3.19. The zero-order chi connectivity index (χ0) is 25.7. The largest absolute Gasteiger partial charge is 0.510 e. The van der Waals surface area contributed by atoms with Crippen LogP contribution in [0, 0.1) is 0 Å². The van der Waals surface area contributed by atoms with Crippen molar-refractivity contribution in [3.05, 3.63) is 23.5 Å². The molecule has 0 unspecified atom stereocenters. The van der Waals surface area contributed by atoms with Gasteiger partial charge in [-0.05, 0) is 34.6 Å². The molecular formula is C19H31N4O10P. The minimum Gasteiger partial charge on any atom is -0.432 e. The highest BCUT2D eigenvalue weighted by molar-refractivity contribution is 7.54. The zero-order valence-electron chi connectivity index (χ0n) is 20.0. The van der Waals surface area contributed by atoms with E-state index in [4.69, 9.17) is 28.0 Å². The third-order valence-corrected chi connectivity index (χ3v) is 5.22. The minimum absolute atomic E-state index is 0.142. The number of aromatic nitrogens is 3. The summed E-state index contributed by atoms with van der Waals surface area (Å²) in [4.78, 5) is 34.6. The fraction of sp³-hybridized carbons (Fsp3) is 0.632. The lowest BCUT2D eigenvalue weighted by Gasteiger charge is -2.18. The maximum absolute atomic E-state index is 13.1. The summed E-state index contributed by atoms with van der Waals surface area (Å²) in [6.07, 6.45) is -0.108. The molecule has 0 fully saturated rings. The Hall–Kier alpha value is -2.96. The number of hydrogen-bond acceptors (Lipinski definition) is 12. The van der Waals surface area contributed by atoms with Crippen molar-refractivity contribution in [3.8, 4) is 0 Å². The lowest BCUT2D eigenvalue weighted by molar-refractivity contribution is -0.0298. The van der Waals surface area contributed by atoms with Gasteiger partial charge in [0, 0.05) is 7.05 Å². The molecule has 0 aliphatic rings. The highest BCUT2D eigenvalue weighted by atomic mass is 31.2. The number of nitrogens with zero attached hydrogens (tertiary/aromatic N) is 3. The van der Waals surface area contributed by atoms with E-state index in [1.165, 1.54) is 17.9 Å². The molecule has 1 aromatic heterocycles. The molecular weight excluding hydrogens is 475 g/mol. The van der Waals surface area contributed by atoms with Gasteiger partial charge in [-0.2, -0.15) is 0 Å². The second-order valence-electron chi connectivity index (χ2n) is 7.34. The first-order valence-electron chi connectivity index (χ1n) is 10.3. The number of carbonyl (C=O) groups excluding carboxylic acids is 3. The molecule has 1 N–H and O–H groups in total. The molecule has 0 radical (unpaired) electrons. The standard InChI is InChI=1S/C19H31N4O10P/c1-13(2)32-18(25)28-11-30-34(27,31-12-29-19(26)33-14(3)4)8-7-15(5)9-23-10-16(21-22-23)17(24)20-6/h7,10,13-14H,8-9,11-12H2,1-6H3,(H,20,24)/b15-7+. The van der Waals surface area contributed by atoms with E-state index >= 15 is 0 Å². The Morgan fingerprint density at radius 2 is 1.59 bits per heavy atom. The third-order valence-electron chi connectivity index (χ3n) is 3.59. The van der Waals surface area contributed by atoms with Crippen molar-refractivity contribution in [2.75, 3.05) is 26.8 Å². The van der Waals surface area contributed by atoms with E-state index < -0.39 is 45.7 Å². The Morgan fingerprint density at radius 3 is 2.06 bits per heavy atom. The summed E-state index contributed by atoms with van der Waals surface area (Å²) in [6.45, 7) is 7.04. The first-order valence-corrected chi connectivity index (χ1v) is 12.0. The molecule has 192 valence electrons. The molecule has 15 heteroatoms. The van der Waals surface area contributed by atoms with Crippen LogP contribution in [0.5, 0.6) is 0 Å². The summed E-state index contributed by atoms with van der Waals surface area (Å²) in [7, 11) is -2.45. The summed E-state index contributed by atoms with van der Waals surface area (Å²) in [5.41, 5.74) is 0.824. The van der Waals surface area contributed by atoms with Gasteiger partial charge >= 0.3 is 19.9 Å². The number of nitrogens with one attached hydrogen (secondary N) is 1. The van der Waals surface area contributed by atoms with Crippen LogP contribution in [0.3, 0.4) is 0 Å². The second-order valence-corrected chi connectivity index (χ2v) is 9.44. The summed E-state index contributed by atoms with van der Waals surface area (Å²) >= 11 is 0. The molecule has 0 bridgehead atoms. The third kappa shape index (κ3) is 11.8. The number of hydrogen-bond donors (Lipinski definition) is 1. The summed E-state index contributed by atoms with van der Waals surface area (Å²) in [5.74, 6) is -0.383. The van der Waals surface area contributed by atoms with Gasteiger partial charge in [0.05, 0.1) is 31.1 Å². The van der Waals surface area contributed by atoms with Gasteiger partial charge in [0.25, 0.3) is 5.91 Å². The maximum Gasteiger partial charge on any atom is 0.510 e. The Kier molecular flexibility index (Phi) is 12.3. The molecule has 0 spiro atoms. The molecule has 34 heavy (non-hydrogen) atoms. The van der Waals surface area contributed by atoms with Gasteiger partial charge in [-0.25, -0.2) is 14.3 Å². The van der Waals surface area contributed by atoms with Crippen LogP contribution in [0.4, 0.5) is 9.59 Å². The van der Waals surface area contributed by atoms with Crippen LogP contribution in [0.15, 0.2) is 17.8 Å². The van der Waals surface area contributed by atoms with Crippen molar-refractivity contribution in [3.63, 3.8) is 0 Å². The molecule has 14 nitrogen and oxygen atoms in total. The Morgan fingerprint density at radius 1 is 1.06 bits per heavy atom. The minimum atomic E-state index is -3.93. The van der Waals surface area contributed by atoms with E-state index in [1.807, 2.05) is 0 Å². The molecule has 0 aliphatic heterocycles. The number of rotatable bonds is 13. The Balaban J connectivity index is 2.75. The van der Waals surface area contributed by atoms with E-state index in [-0.39, 0.29) is 24.3 Å². The fourth-order valence-corrected chi connectivity index (χ4v) is 3.35. The van der Waals surface area contributed by atoms with Crippen LogP contribution in [-0.4, -0.2) is 72.2 Å². The van der Waals surface area contributed by atoms with Crippen molar-refractivity contribution in [1.82, 2.24) is 20.3 Å². The van der Waals surface area contributed by atoms with Gasteiger partial charge in [0.1, 0.15) is 0 Å². The van der Waals surface area contributed by atoms with Gasteiger partial charge < -0.3 is 24.3 Å². The van der Waals surface area contributed by atoms with Gasteiger partial charge in [-0.15, -0.1) is 5.10 Å². The molecule has 1 rings (SSSR count). The van der Waals surface area contributed by atoms with Crippen LogP contribution in [0.1, 0.15) is 45.1 Å². The normalized spacial score (nSPS) is 11.9. The van der Waals surface area contributed by atoms with Crippen molar-refractivity contribution in [1.29, 1.82) is 0 Å². The van der Waals surface area contributed by atoms with E-state index in [0.717, 1.165) is 0 Å². The fourth-order valence-electron chi connectivity index (χ4n) is 2.10. The average molecular weight is 506 g/mol. The van der Waals surface area contributed by atoms with E-state index in [9.17, 15) is 18.9 Å². The molecule has 1 amide bonds. The van der Waals surface area contributed by atoms with Gasteiger partial charge in [-0.1, -0.05) is 16.9 Å². The van der Waals surface area contributed by atoms with Gasteiger partial charge in [-0.3, -0.25) is 18.4 Å². The first-order chi connectivity index (χ1) is 15.9. The second kappa shape index (κ2) is 14.3. The highest BCUT2D eigenvalue weighted by Gasteiger charge is 2.26. The summed E-state index contributed by atoms with van der Waals surface area (Å²) in [6, 6.07) is 0. The lowest BCUT2D eigenvalue weighted by atomic mass is 10.3. The van der Waals surface area contributed by atoms with Gasteiger partial charge in [0.2, 0.25) is 13.6 Å². The van der Waals surface area contributed by atoms with Crippen LogP contribution in [0.25, 0.3) is 0 Å². The molecule has 0 atom stereocenters. The van der Waals surface area contributed by atoms with Crippen molar-refractivity contribution in [2.24, 2.45) is 0 Å². The van der Waals surface area contributed by atoms with Crippen molar-refractivity contribution < 1.29 is 46.9 Å². The predicted molar refractivity (Wildman–Crippen MR) is 117 cm³/mol. The van der Waals surface area contributed by atoms with Crippen LogP contribution >= 0.6 is 7.60 Å². The highest BCUT2D eigenvalue weighted by Crippen LogP contribution is 2.48. The predicted octanol–water partition coefficient (Wildman–Crippen LogP) is 2.85. The van der Waals surface area contributed by atoms with Gasteiger partial charge in [0.15, 0.2) is 5.69 Å². The molecule has 0 aliphatic carbocycles. The van der Waals surface area contributed by atoms with E-state index in [2.05, 4.69) is 15.6 Å². The quantitative estimate of drug-likeness (QED) is 0.180. The van der Waals surface area contributed by atoms with E-state index in [1.54, 1.807) is 40.7 Å². The first kappa shape index (κ1) is 29.1. The van der Waals surface area contributed by atoms with E-state index in [0.29, 0.717) is 5.57 Å². The molecule has 0 saturated carbocycles. The molecule has 1 heterocycles. The SMILES string of the molecule is CNC(=O)c1cn(C/C(C)=C/CP(=O)(OCOC(=O)OC(C)C)OCOC(=O)OC(C)C)nn1. The molecule has 0 saturated heterocycles. The number of allylic oxidation sites excluding steroid dienone is 2. The number of ether oxygens (including phenoxy) is 4. The summed E-state index contributed by atoms with van der Waals surface area (Å²) < 4.78 is 43.8. The molecule has 1 aromatic rings. The van der Waals surface area contributed by atoms with Crippen LogP contribution in [0.2, 0.25) is 0 Å². The topological polar surface area (TPSA) is 166 Å². The maximum atomic E-state index is 13.1. The molecule has 0 aromatic carbocycles. The van der Waals surface area contributed by atoms with Crippen molar-refractivity contribution >= 4 is 25.8 Å². The Bertz CT molecular complexity index is 867.